The van der Waals surface area contributed by atoms with Crippen LogP contribution in [0.3, 0.4) is 0 Å². The second-order valence-corrected chi connectivity index (χ2v) is 26.5. The SMILES string of the molecule is CN(c1cccc([N+](=O)[O-])c1)c1cccc2ccccc12.CN(c1ccccc1)c1ccc(C#N)cc1.COc1ccc(N(C)c2cccc3ccccc23)cc1.Cc1ccc(N(C)c2cccc3ccccc23)cc1.Cc1cccc(N(C)c2cccc3ccccc23)c1.[C-]#[N+]c1cccc(N(C)c2ccccc2)c1. The van der Waals surface area contributed by atoms with E-state index in [1.54, 1.807) is 19.2 Å². The van der Waals surface area contributed by atoms with Crippen LogP contribution in [0.2, 0.25) is 0 Å². The van der Waals surface area contributed by atoms with Gasteiger partial charge in [0.2, 0.25) is 0 Å². The number of non-ortho nitro benzene ring substituents is 1. The molecule has 0 aliphatic heterocycles. The second-order valence-electron chi connectivity index (χ2n) is 26.5. The zero-order valence-corrected chi connectivity index (χ0v) is 64.0. The van der Waals surface area contributed by atoms with E-state index < -0.39 is 0 Å². The molecule has 16 aromatic rings. The van der Waals surface area contributed by atoms with E-state index in [4.69, 9.17) is 16.6 Å². The van der Waals surface area contributed by atoms with Gasteiger partial charge in [0, 0.05) is 144 Å². The van der Waals surface area contributed by atoms with E-state index in [1.165, 1.54) is 77.9 Å². The van der Waals surface area contributed by atoms with Crippen LogP contribution in [-0.4, -0.2) is 54.3 Å². The van der Waals surface area contributed by atoms with Crippen LogP contribution in [0, 0.1) is 41.9 Å². The van der Waals surface area contributed by atoms with E-state index in [-0.39, 0.29) is 10.6 Å². The first kappa shape index (κ1) is 77.6. The molecule has 0 aromatic heterocycles. The Morgan fingerprint density at radius 3 is 1.03 bits per heavy atom. The summed E-state index contributed by atoms with van der Waals surface area (Å²) in [4.78, 5) is 26.8. The average Bonchev–Trinajstić information content (AvgIpc) is 0.818. The number of ether oxygens (including phenoxy) is 1. The molecule has 0 N–H and O–H groups in total. The normalized spacial score (nSPS) is 10.3. The van der Waals surface area contributed by atoms with E-state index in [0.717, 1.165) is 56.3 Å². The molecule has 111 heavy (non-hydrogen) atoms. The monoisotopic (exact) mass is 1450 g/mol. The number of nitriles is 1. The zero-order chi connectivity index (χ0) is 78.0. The van der Waals surface area contributed by atoms with Crippen molar-refractivity contribution >= 4 is 123 Å². The van der Waals surface area contributed by atoms with Crippen molar-refractivity contribution in [2.24, 2.45) is 0 Å². The molecular weight excluding hydrogens is 1360 g/mol. The highest BCUT2D eigenvalue weighted by molar-refractivity contribution is 5.99. The van der Waals surface area contributed by atoms with Gasteiger partial charge in [0.25, 0.3) is 5.69 Å². The minimum atomic E-state index is -0.375. The highest BCUT2D eigenvalue weighted by Gasteiger charge is 2.15. The summed E-state index contributed by atoms with van der Waals surface area (Å²) in [6.07, 6.45) is 0. The summed E-state index contributed by atoms with van der Waals surface area (Å²) in [6, 6.07) is 128. The minimum absolute atomic E-state index is 0.0968. The molecule has 0 heterocycles. The van der Waals surface area contributed by atoms with Crippen LogP contribution in [0.1, 0.15) is 16.7 Å². The topological polar surface area (TPSA) is 100.0 Å². The van der Waals surface area contributed by atoms with Crippen LogP contribution in [0.5, 0.6) is 5.75 Å². The average molecular weight is 1450 g/mol. The summed E-state index contributed by atoms with van der Waals surface area (Å²) in [6.45, 7) is 11.2. The Balaban J connectivity index is 0.000000132. The quantitative estimate of drug-likeness (QED) is 0.0594. The maximum atomic E-state index is 10.9. The van der Waals surface area contributed by atoms with Gasteiger partial charge >= 0.3 is 0 Å². The summed E-state index contributed by atoms with van der Waals surface area (Å²) in [5.74, 6) is 0.875. The predicted molar refractivity (Wildman–Crippen MR) is 469 cm³/mol. The molecule has 548 valence electrons. The van der Waals surface area contributed by atoms with Gasteiger partial charge in [-0.2, -0.15) is 5.26 Å². The second kappa shape index (κ2) is 38.2. The first-order valence-corrected chi connectivity index (χ1v) is 36.5. The van der Waals surface area contributed by atoms with Crippen LogP contribution in [-0.2, 0) is 0 Å². The molecule has 0 amide bonds. The van der Waals surface area contributed by atoms with E-state index in [9.17, 15) is 10.1 Å². The fourth-order valence-corrected chi connectivity index (χ4v) is 12.9. The molecule has 0 aliphatic rings. The molecular formula is C99H89N9O3. The van der Waals surface area contributed by atoms with Gasteiger partial charge in [0.1, 0.15) is 5.75 Å². The Kier molecular flexibility index (Phi) is 26.7. The molecule has 0 bridgehead atoms. The lowest BCUT2D eigenvalue weighted by molar-refractivity contribution is -0.384. The lowest BCUT2D eigenvalue weighted by atomic mass is 10.1. The molecule has 12 heteroatoms. The van der Waals surface area contributed by atoms with Crippen molar-refractivity contribution in [3.05, 3.63) is 414 Å². The smallest absolute Gasteiger partial charge is 0.271 e. The number of fused-ring (bicyclic) bond motifs is 4. The Morgan fingerprint density at radius 2 is 0.631 bits per heavy atom. The third kappa shape index (κ3) is 20.2. The van der Waals surface area contributed by atoms with Crippen molar-refractivity contribution in [1.82, 2.24) is 0 Å². The summed E-state index contributed by atoms with van der Waals surface area (Å²) >= 11 is 0. The third-order valence-corrected chi connectivity index (χ3v) is 19.2. The van der Waals surface area contributed by atoms with Crippen molar-refractivity contribution in [3.8, 4) is 11.8 Å². The minimum Gasteiger partial charge on any atom is -0.497 e. The number of nitrogens with zero attached hydrogens (tertiary/aromatic N) is 9. The number of methoxy groups -OCH3 is 1. The Bertz CT molecular complexity index is 5790. The summed E-state index contributed by atoms with van der Waals surface area (Å²) in [7, 11) is 13.9. The standard InChI is InChI=1S/C18H17NO.2C18H17N.C17H14N2O2.2C14H12N2/c1-19(15-10-12-16(20-2)13-11-15)18-9-5-7-14-6-3-4-8-17(14)18;1-14-7-5-10-16(13-14)19(2)18-12-6-9-15-8-3-4-11-17(15)18;1-14-10-12-16(13-11-14)19(2)18-9-5-7-15-6-3-4-8-17(15)18;1-18(14-8-5-9-15(12-14)19(20)21)17-11-4-7-13-6-2-3-10-16(13)17;1-15-12-7-6-10-14(11-12)16(2)13-8-4-3-5-9-13;1-16(13-5-3-2-4-6-13)14-9-7-12(11-15)8-10-14/h3-13H,1-2H3;2*3-13H,1-2H3;2-12H,1H3;3-11H,2H3;2-10H,1H3. The first-order valence-electron chi connectivity index (χ1n) is 36.5. The number of anilines is 12. The molecule has 16 rings (SSSR count). The zero-order valence-electron chi connectivity index (χ0n) is 64.0. The Labute approximate surface area is 652 Å². The van der Waals surface area contributed by atoms with Crippen molar-refractivity contribution in [2.75, 3.05) is 78.8 Å². The number of nitro groups is 1. The molecule has 0 radical (unpaired) electrons. The Morgan fingerprint density at radius 1 is 0.324 bits per heavy atom. The maximum Gasteiger partial charge on any atom is 0.271 e. The van der Waals surface area contributed by atoms with Crippen molar-refractivity contribution in [3.63, 3.8) is 0 Å². The molecule has 0 spiro atoms. The van der Waals surface area contributed by atoms with Crippen LogP contribution >= 0.6 is 0 Å². The van der Waals surface area contributed by atoms with Crippen LogP contribution < -0.4 is 34.1 Å². The van der Waals surface area contributed by atoms with Crippen molar-refractivity contribution in [2.45, 2.75) is 13.8 Å². The number of para-hydroxylation sites is 2. The highest BCUT2D eigenvalue weighted by Crippen LogP contribution is 2.37. The number of aryl methyl sites for hydroxylation is 2. The first-order chi connectivity index (χ1) is 54.1. The van der Waals surface area contributed by atoms with Crippen molar-refractivity contribution in [1.29, 1.82) is 5.26 Å². The van der Waals surface area contributed by atoms with Crippen LogP contribution in [0.15, 0.2) is 376 Å². The maximum absolute atomic E-state index is 10.9. The predicted octanol–water partition coefficient (Wildman–Crippen LogP) is 26.3. The van der Waals surface area contributed by atoms with E-state index in [0.29, 0.717) is 11.3 Å². The third-order valence-electron chi connectivity index (χ3n) is 19.2. The summed E-state index contributed by atoms with van der Waals surface area (Å²) < 4.78 is 5.21. The number of hydrogen-bond acceptors (Lipinski definition) is 10. The largest absolute Gasteiger partial charge is 0.497 e. The number of nitro benzene ring substituents is 1. The van der Waals surface area contributed by atoms with E-state index >= 15 is 0 Å². The molecule has 0 aliphatic carbocycles. The van der Waals surface area contributed by atoms with Crippen LogP contribution in [0.4, 0.5) is 79.6 Å². The molecule has 0 saturated carbocycles. The number of hydrogen-bond donors (Lipinski definition) is 0. The molecule has 12 nitrogen and oxygen atoms in total. The van der Waals surface area contributed by atoms with Crippen molar-refractivity contribution < 1.29 is 9.66 Å². The van der Waals surface area contributed by atoms with Crippen LogP contribution in [0.25, 0.3) is 47.9 Å². The summed E-state index contributed by atoms with van der Waals surface area (Å²) in [5, 5.41) is 29.5. The molecule has 0 unspecified atom stereocenters. The molecule has 0 fully saturated rings. The number of benzene rings is 16. The number of rotatable bonds is 14. The Hall–Kier alpha value is -14.5. The van der Waals surface area contributed by atoms with Gasteiger partial charge < -0.3 is 34.1 Å². The lowest BCUT2D eigenvalue weighted by Crippen LogP contribution is -2.10. The van der Waals surface area contributed by atoms with E-state index in [1.807, 2.05) is 166 Å². The van der Waals surface area contributed by atoms with Gasteiger partial charge in [-0.25, -0.2) is 4.85 Å². The van der Waals surface area contributed by atoms with Gasteiger partial charge in [-0.05, 0) is 180 Å². The van der Waals surface area contributed by atoms with Gasteiger partial charge in [-0.1, -0.05) is 230 Å². The van der Waals surface area contributed by atoms with Gasteiger partial charge in [-0.15, -0.1) is 0 Å². The van der Waals surface area contributed by atoms with E-state index in [2.05, 4.69) is 289 Å². The molecule has 0 saturated heterocycles. The van der Waals surface area contributed by atoms with Gasteiger partial charge in [-0.3, -0.25) is 10.1 Å². The van der Waals surface area contributed by atoms with Gasteiger partial charge in [0.05, 0.1) is 30.2 Å². The van der Waals surface area contributed by atoms with Gasteiger partial charge in [0.15, 0.2) is 5.69 Å². The molecule has 0 atom stereocenters. The fraction of sp³-hybridized carbons (Fsp3) is 0.0909. The lowest BCUT2D eigenvalue weighted by Gasteiger charge is -2.21. The summed E-state index contributed by atoms with van der Waals surface area (Å²) in [5.41, 5.74) is 17.4. The fourth-order valence-electron chi connectivity index (χ4n) is 12.9. The highest BCUT2D eigenvalue weighted by atomic mass is 16.6. The molecule has 16 aromatic carbocycles.